The lowest BCUT2D eigenvalue weighted by molar-refractivity contribution is -0.393. The van der Waals surface area contributed by atoms with Gasteiger partial charge in [-0.15, -0.1) is 0 Å². The lowest BCUT2D eigenvalue weighted by atomic mass is 10.2. The number of non-ortho nitro benzene ring substituents is 1. The van der Waals surface area contributed by atoms with E-state index in [1.54, 1.807) is 0 Å². The van der Waals surface area contributed by atoms with Gasteiger partial charge in [0.1, 0.15) is 17.9 Å². The zero-order valence-corrected chi connectivity index (χ0v) is 10.2. The van der Waals surface area contributed by atoms with Gasteiger partial charge in [-0.2, -0.15) is 0 Å². The fourth-order valence-electron chi connectivity index (χ4n) is 1.22. The zero-order chi connectivity index (χ0) is 15.3. The van der Waals surface area contributed by atoms with Crippen LogP contribution in [0.15, 0.2) is 18.2 Å². The molecule has 0 aliphatic carbocycles. The number of carbonyl (C=O) groups is 2. The quantitative estimate of drug-likeness (QED) is 0.468. The summed E-state index contributed by atoms with van der Waals surface area (Å²) >= 11 is 0. The number of nitrogens with one attached hydrogen (secondary N) is 1. The van der Waals surface area contributed by atoms with Crippen LogP contribution in [0.25, 0.3) is 0 Å². The Balaban J connectivity index is 2.89. The number of Topliss-reactive ketones (excluding diaryl/α,β-unsaturated/α-hetero) is 1. The van der Waals surface area contributed by atoms with E-state index in [-0.39, 0.29) is 5.69 Å². The number of rotatable bonds is 6. The molecule has 0 atom stereocenters. The van der Waals surface area contributed by atoms with Gasteiger partial charge in [0.2, 0.25) is 0 Å². The van der Waals surface area contributed by atoms with Crippen LogP contribution in [0.1, 0.15) is 13.3 Å². The summed E-state index contributed by atoms with van der Waals surface area (Å²) in [5, 5.41) is 21.3. The van der Waals surface area contributed by atoms with E-state index in [0.717, 1.165) is 18.2 Å². The maximum Gasteiger partial charge on any atom is 0.339 e. The first-order chi connectivity index (χ1) is 9.31. The van der Waals surface area contributed by atoms with Gasteiger partial charge in [0.25, 0.3) is 5.69 Å². The number of nitro benzene ring substituents is 2. The van der Waals surface area contributed by atoms with E-state index < -0.39 is 39.4 Å². The molecule has 0 amide bonds. The molecular weight excluding hydrogens is 274 g/mol. The number of nitro groups is 2. The maximum absolute atomic E-state index is 11.1. The van der Waals surface area contributed by atoms with Gasteiger partial charge in [0.15, 0.2) is 0 Å². The van der Waals surface area contributed by atoms with Crippen molar-refractivity contribution in [2.45, 2.75) is 13.3 Å². The lowest BCUT2D eigenvalue weighted by Crippen LogP contribution is -2.14. The Morgan fingerprint density at radius 2 is 1.90 bits per heavy atom. The van der Waals surface area contributed by atoms with Crippen LogP contribution < -0.4 is 5.48 Å². The number of ketones is 1. The minimum absolute atomic E-state index is 0.238. The van der Waals surface area contributed by atoms with Crippen LogP contribution in [0, 0.1) is 20.2 Å². The highest BCUT2D eigenvalue weighted by Crippen LogP contribution is 2.28. The van der Waals surface area contributed by atoms with E-state index in [9.17, 15) is 29.8 Å². The van der Waals surface area contributed by atoms with Gasteiger partial charge >= 0.3 is 11.7 Å². The molecule has 0 bridgehead atoms. The molecule has 0 aliphatic rings. The number of carbonyl (C=O) groups excluding carboxylic acids is 2. The first-order valence-electron chi connectivity index (χ1n) is 5.19. The number of anilines is 1. The summed E-state index contributed by atoms with van der Waals surface area (Å²) in [5.41, 5.74) is 0.657. The summed E-state index contributed by atoms with van der Waals surface area (Å²) < 4.78 is 0. The van der Waals surface area contributed by atoms with Crippen molar-refractivity contribution >= 4 is 28.8 Å². The zero-order valence-electron chi connectivity index (χ0n) is 10.2. The Bertz CT molecular complexity index is 584. The summed E-state index contributed by atoms with van der Waals surface area (Å²) in [6.45, 7) is 1.18. The highest BCUT2D eigenvalue weighted by Gasteiger charge is 2.20. The van der Waals surface area contributed by atoms with Gasteiger partial charge < -0.3 is 4.84 Å². The Morgan fingerprint density at radius 1 is 1.25 bits per heavy atom. The molecule has 1 aromatic rings. The molecule has 0 fully saturated rings. The van der Waals surface area contributed by atoms with Crippen molar-refractivity contribution in [2.24, 2.45) is 0 Å². The smallest absolute Gasteiger partial charge is 0.339 e. The monoisotopic (exact) mass is 283 g/mol. The summed E-state index contributed by atoms with van der Waals surface area (Å²) in [7, 11) is 0. The Kier molecular flexibility index (Phi) is 4.67. The second-order valence-corrected chi connectivity index (χ2v) is 3.67. The molecule has 0 saturated carbocycles. The molecule has 0 radical (unpaired) electrons. The van der Waals surface area contributed by atoms with Crippen LogP contribution >= 0.6 is 0 Å². The minimum Gasteiger partial charge on any atom is -0.343 e. The van der Waals surface area contributed by atoms with E-state index in [2.05, 4.69) is 4.84 Å². The molecule has 1 N–H and O–H groups in total. The minimum atomic E-state index is -0.926. The highest BCUT2D eigenvalue weighted by atomic mass is 16.7. The van der Waals surface area contributed by atoms with Gasteiger partial charge in [-0.05, 0) is 13.0 Å². The van der Waals surface area contributed by atoms with Crippen LogP contribution in [0.5, 0.6) is 0 Å². The summed E-state index contributed by atoms with van der Waals surface area (Å²) in [4.78, 5) is 45.8. The molecule has 0 spiro atoms. The Labute approximate surface area is 111 Å². The third kappa shape index (κ3) is 4.01. The largest absolute Gasteiger partial charge is 0.343 e. The third-order valence-electron chi connectivity index (χ3n) is 2.06. The highest BCUT2D eigenvalue weighted by molar-refractivity contribution is 5.94. The molecule has 10 heteroatoms. The van der Waals surface area contributed by atoms with Crippen molar-refractivity contribution in [1.29, 1.82) is 0 Å². The van der Waals surface area contributed by atoms with Gasteiger partial charge in [-0.1, -0.05) is 0 Å². The van der Waals surface area contributed by atoms with Crippen molar-refractivity contribution in [3.05, 3.63) is 38.4 Å². The number of benzene rings is 1. The number of hydrogen-bond acceptors (Lipinski definition) is 8. The summed E-state index contributed by atoms with van der Waals surface area (Å²) in [6.07, 6.45) is -0.492. The molecule has 0 aromatic heterocycles. The molecule has 0 unspecified atom stereocenters. The van der Waals surface area contributed by atoms with Crippen molar-refractivity contribution < 1.29 is 24.3 Å². The van der Waals surface area contributed by atoms with Crippen molar-refractivity contribution in [1.82, 2.24) is 0 Å². The first-order valence-corrected chi connectivity index (χ1v) is 5.19. The SMILES string of the molecule is CC(=O)CC(=O)ONc1ccc([N+](=O)[O-])cc1[N+](=O)[O-]. The van der Waals surface area contributed by atoms with E-state index in [1.807, 2.05) is 5.48 Å². The van der Waals surface area contributed by atoms with E-state index in [1.165, 1.54) is 6.92 Å². The molecular formula is C10H9N3O7. The number of nitrogens with zero attached hydrogens (tertiary/aromatic N) is 2. The van der Waals surface area contributed by atoms with E-state index >= 15 is 0 Å². The maximum atomic E-state index is 11.1. The molecule has 1 rings (SSSR count). The first kappa shape index (κ1) is 15.0. The van der Waals surface area contributed by atoms with Crippen molar-refractivity contribution in [3.8, 4) is 0 Å². The molecule has 106 valence electrons. The average Bonchev–Trinajstić information content (AvgIpc) is 2.35. The van der Waals surface area contributed by atoms with E-state index in [0.29, 0.717) is 0 Å². The predicted octanol–water partition coefficient (Wildman–Crippen LogP) is 1.35. The third-order valence-corrected chi connectivity index (χ3v) is 2.06. The van der Waals surface area contributed by atoms with Gasteiger partial charge in [-0.25, -0.2) is 10.3 Å². The second kappa shape index (κ2) is 6.22. The Morgan fingerprint density at radius 3 is 2.40 bits per heavy atom. The summed E-state index contributed by atoms with van der Waals surface area (Å²) in [6, 6.07) is 2.76. The standard InChI is InChI=1S/C10H9N3O7/c1-6(14)4-10(15)20-11-8-3-2-7(12(16)17)5-9(8)13(18)19/h2-3,5,11H,4H2,1H3. The van der Waals surface area contributed by atoms with Crippen LogP contribution in [0.2, 0.25) is 0 Å². The molecule has 1 aromatic carbocycles. The molecule has 10 nitrogen and oxygen atoms in total. The molecule has 0 aliphatic heterocycles. The second-order valence-electron chi connectivity index (χ2n) is 3.67. The van der Waals surface area contributed by atoms with Gasteiger partial charge in [0, 0.05) is 6.07 Å². The van der Waals surface area contributed by atoms with Crippen molar-refractivity contribution in [3.63, 3.8) is 0 Å². The molecule has 20 heavy (non-hydrogen) atoms. The average molecular weight is 283 g/mol. The lowest BCUT2D eigenvalue weighted by Gasteiger charge is -2.06. The van der Waals surface area contributed by atoms with E-state index in [4.69, 9.17) is 0 Å². The van der Waals surface area contributed by atoms with Crippen LogP contribution in [-0.4, -0.2) is 21.6 Å². The fourth-order valence-corrected chi connectivity index (χ4v) is 1.22. The van der Waals surface area contributed by atoms with Gasteiger partial charge in [0.05, 0.1) is 15.9 Å². The topological polar surface area (TPSA) is 142 Å². The summed E-state index contributed by atoms with van der Waals surface area (Å²) in [5.74, 6) is -1.36. The molecule has 0 saturated heterocycles. The normalized spacial score (nSPS) is 9.65. The Hall–Kier alpha value is -3.04. The van der Waals surface area contributed by atoms with Crippen LogP contribution in [-0.2, 0) is 14.4 Å². The number of hydrogen-bond donors (Lipinski definition) is 1. The van der Waals surface area contributed by atoms with Crippen LogP contribution in [0.4, 0.5) is 17.1 Å². The van der Waals surface area contributed by atoms with Gasteiger partial charge in [-0.3, -0.25) is 25.0 Å². The van der Waals surface area contributed by atoms with Crippen LogP contribution in [0.3, 0.4) is 0 Å². The fraction of sp³-hybridized carbons (Fsp3) is 0.200. The molecule has 0 heterocycles. The van der Waals surface area contributed by atoms with Crippen molar-refractivity contribution in [2.75, 3.05) is 5.48 Å². The predicted molar refractivity (Wildman–Crippen MR) is 64.8 cm³/mol.